The summed E-state index contributed by atoms with van der Waals surface area (Å²) in [6, 6.07) is 3.40. The predicted molar refractivity (Wildman–Crippen MR) is 65.5 cm³/mol. The van der Waals surface area contributed by atoms with Crippen LogP contribution in [0.3, 0.4) is 0 Å². The number of aliphatic hydroxyl groups is 1. The molecular formula is C11H12BrNO4. The molecule has 2 N–H and O–H groups in total. The third kappa shape index (κ3) is 2.37. The summed E-state index contributed by atoms with van der Waals surface area (Å²) >= 11 is 3.33. The van der Waals surface area contributed by atoms with Crippen molar-refractivity contribution in [2.24, 2.45) is 5.16 Å². The van der Waals surface area contributed by atoms with Crippen LogP contribution >= 0.6 is 15.9 Å². The minimum absolute atomic E-state index is 0.0247. The van der Waals surface area contributed by atoms with E-state index in [9.17, 15) is 5.11 Å². The van der Waals surface area contributed by atoms with Crippen LogP contribution in [0.15, 0.2) is 21.8 Å². The normalized spacial score (nSPS) is 18.8. The van der Waals surface area contributed by atoms with Crippen LogP contribution in [0.1, 0.15) is 12.0 Å². The Balaban J connectivity index is 2.36. The number of hydrogen-bond donors (Lipinski definition) is 2. The maximum absolute atomic E-state index is 9.99. The van der Waals surface area contributed by atoms with Gasteiger partial charge in [0.05, 0.1) is 19.4 Å². The van der Waals surface area contributed by atoms with Crippen molar-refractivity contribution in [1.29, 1.82) is 0 Å². The van der Waals surface area contributed by atoms with Crippen molar-refractivity contribution in [3.05, 3.63) is 22.2 Å². The van der Waals surface area contributed by atoms with Crippen LogP contribution in [0, 0.1) is 0 Å². The van der Waals surface area contributed by atoms with E-state index >= 15 is 0 Å². The van der Waals surface area contributed by atoms with Gasteiger partial charge in [-0.05, 0) is 12.1 Å². The molecule has 0 fully saturated rings. The summed E-state index contributed by atoms with van der Waals surface area (Å²) < 4.78 is 5.83. The van der Waals surface area contributed by atoms with Crippen LogP contribution in [0.2, 0.25) is 0 Å². The first-order valence-electron chi connectivity index (χ1n) is 5.06. The van der Waals surface area contributed by atoms with E-state index in [-0.39, 0.29) is 18.5 Å². The van der Waals surface area contributed by atoms with E-state index in [1.165, 1.54) is 7.11 Å². The van der Waals surface area contributed by atoms with Crippen molar-refractivity contribution < 1.29 is 19.8 Å². The second-order valence-electron chi connectivity index (χ2n) is 3.66. The van der Waals surface area contributed by atoms with Gasteiger partial charge in [0.15, 0.2) is 17.6 Å². The first-order chi connectivity index (χ1) is 8.15. The number of halogens is 1. The molecule has 1 aliphatic heterocycles. The molecule has 0 bridgehead atoms. The molecule has 6 heteroatoms. The van der Waals surface area contributed by atoms with E-state index in [1.54, 1.807) is 12.1 Å². The molecule has 0 spiro atoms. The predicted octanol–water partition coefficient (Wildman–Crippen LogP) is 1.65. The summed E-state index contributed by atoms with van der Waals surface area (Å²) in [6.07, 6.45) is 0.123. The van der Waals surface area contributed by atoms with Crippen LogP contribution in [0.25, 0.3) is 0 Å². The van der Waals surface area contributed by atoms with E-state index in [2.05, 4.69) is 21.1 Å². The Kier molecular flexibility index (Phi) is 3.54. The molecule has 5 nitrogen and oxygen atoms in total. The lowest BCUT2D eigenvalue weighted by Crippen LogP contribution is -2.13. The number of aliphatic hydroxyl groups excluding tert-OH is 1. The summed E-state index contributed by atoms with van der Waals surface area (Å²) in [6.45, 7) is -0.0983. The van der Waals surface area contributed by atoms with Crippen molar-refractivity contribution in [3.63, 3.8) is 0 Å². The van der Waals surface area contributed by atoms with Gasteiger partial charge in [-0.3, -0.25) is 0 Å². The monoisotopic (exact) mass is 301 g/mol. The van der Waals surface area contributed by atoms with E-state index in [0.29, 0.717) is 23.4 Å². The smallest absolute Gasteiger partial charge is 0.167 e. The van der Waals surface area contributed by atoms with E-state index < -0.39 is 0 Å². The highest BCUT2D eigenvalue weighted by Crippen LogP contribution is 2.35. The van der Waals surface area contributed by atoms with Gasteiger partial charge < -0.3 is 19.8 Å². The largest absolute Gasteiger partial charge is 0.504 e. The second-order valence-corrected chi connectivity index (χ2v) is 4.57. The molecule has 1 aliphatic rings. The Morgan fingerprint density at radius 2 is 2.35 bits per heavy atom. The molecule has 1 atom stereocenters. The number of ether oxygens (including phenoxy) is 1. The van der Waals surface area contributed by atoms with Gasteiger partial charge in [-0.15, -0.1) is 0 Å². The third-order valence-electron chi connectivity index (χ3n) is 2.51. The number of benzene rings is 1. The minimum atomic E-state index is -0.339. The van der Waals surface area contributed by atoms with E-state index in [1.807, 2.05) is 0 Å². The van der Waals surface area contributed by atoms with Gasteiger partial charge in [0, 0.05) is 16.5 Å². The minimum Gasteiger partial charge on any atom is -0.504 e. The number of aromatic hydroxyl groups is 1. The van der Waals surface area contributed by atoms with Crippen LogP contribution in [-0.4, -0.2) is 35.7 Å². The molecule has 2 rings (SSSR count). The first kappa shape index (κ1) is 12.2. The molecule has 1 heterocycles. The molecule has 0 saturated heterocycles. The van der Waals surface area contributed by atoms with Crippen molar-refractivity contribution in [1.82, 2.24) is 0 Å². The van der Waals surface area contributed by atoms with Gasteiger partial charge in [0.1, 0.15) is 0 Å². The molecule has 0 unspecified atom stereocenters. The number of hydrogen-bond acceptors (Lipinski definition) is 5. The zero-order valence-corrected chi connectivity index (χ0v) is 10.8. The molecule has 92 valence electrons. The number of nitrogens with zero attached hydrogens (tertiary/aromatic N) is 1. The number of oxime groups is 1. The first-order valence-corrected chi connectivity index (χ1v) is 5.85. The van der Waals surface area contributed by atoms with Crippen LogP contribution in [0.4, 0.5) is 0 Å². The van der Waals surface area contributed by atoms with E-state index in [4.69, 9.17) is 14.7 Å². The molecule has 0 amide bonds. The number of phenolic OH excluding ortho intramolecular Hbond substituents is 1. The Bertz CT molecular complexity index is 461. The summed E-state index contributed by atoms with van der Waals surface area (Å²) in [7, 11) is 1.48. The lowest BCUT2D eigenvalue weighted by Gasteiger charge is -2.09. The summed E-state index contributed by atoms with van der Waals surface area (Å²) in [5.74, 6) is 0.390. The Morgan fingerprint density at radius 3 is 2.94 bits per heavy atom. The molecule has 1 aromatic carbocycles. The van der Waals surface area contributed by atoms with Gasteiger partial charge in [0.25, 0.3) is 0 Å². The van der Waals surface area contributed by atoms with Gasteiger partial charge in [0.2, 0.25) is 0 Å². The second kappa shape index (κ2) is 4.93. The van der Waals surface area contributed by atoms with Crippen molar-refractivity contribution in [2.75, 3.05) is 13.7 Å². The van der Waals surface area contributed by atoms with E-state index in [0.717, 1.165) is 4.47 Å². The van der Waals surface area contributed by atoms with Crippen LogP contribution in [-0.2, 0) is 4.84 Å². The van der Waals surface area contributed by atoms with Gasteiger partial charge >= 0.3 is 0 Å². The fourth-order valence-electron chi connectivity index (χ4n) is 1.64. The number of phenols is 1. The lowest BCUT2D eigenvalue weighted by atomic mass is 10.0. The third-order valence-corrected chi connectivity index (χ3v) is 2.96. The maximum Gasteiger partial charge on any atom is 0.167 e. The maximum atomic E-state index is 9.99. The highest BCUT2D eigenvalue weighted by Gasteiger charge is 2.24. The molecule has 0 aliphatic carbocycles. The fraction of sp³-hybridized carbons (Fsp3) is 0.364. The highest BCUT2D eigenvalue weighted by atomic mass is 79.9. The molecule has 0 aromatic heterocycles. The zero-order valence-electron chi connectivity index (χ0n) is 9.18. The van der Waals surface area contributed by atoms with Crippen molar-refractivity contribution >= 4 is 21.6 Å². The van der Waals surface area contributed by atoms with Gasteiger partial charge in [-0.25, -0.2) is 0 Å². The van der Waals surface area contributed by atoms with Gasteiger partial charge in [-0.1, -0.05) is 21.1 Å². The number of rotatable bonds is 3. The summed E-state index contributed by atoms with van der Waals surface area (Å²) in [5, 5.41) is 22.8. The Hall–Kier alpha value is -1.27. The lowest BCUT2D eigenvalue weighted by molar-refractivity contribution is 0.0390. The summed E-state index contributed by atoms with van der Waals surface area (Å²) in [4.78, 5) is 5.01. The quantitative estimate of drug-likeness (QED) is 0.890. The average molecular weight is 302 g/mol. The Labute approximate surface area is 107 Å². The highest BCUT2D eigenvalue weighted by molar-refractivity contribution is 9.10. The number of methoxy groups -OCH3 is 1. The molecule has 17 heavy (non-hydrogen) atoms. The molecule has 1 aromatic rings. The van der Waals surface area contributed by atoms with Gasteiger partial charge in [-0.2, -0.15) is 0 Å². The average Bonchev–Trinajstić information content (AvgIpc) is 2.80. The van der Waals surface area contributed by atoms with Crippen molar-refractivity contribution in [2.45, 2.75) is 12.5 Å². The Morgan fingerprint density at radius 1 is 1.59 bits per heavy atom. The zero-order chi connectivity index (χ0) is 12.4. The van der Waals surface area contributed by atoms with Crippen LogP contribution in [0.5, 0.6) is 11.5 Å². The van der Waals surface area contributed by atoms with Crippen molar-refractivity contribution in [3.8, 4) is 11.5 Å². The molecule has 0 saturated carbocycles. The summed E-state index contributed by atoms with van der Waals surface area (Å²) in [5.41, 5.74) is 1.15. The van der Waals surface area contributed by atoms with Crippen LogP contribution < -0.4 is 4.74 Å². The fourth-order valence-corrected chi connectivity index (χ4v) is 2.07. The molecule has 0 radical (unpaired) electrons. The topological polar surface area (TPSA) is 71.3 Å². The molecular weight excluding hydrogens is 290 g/mol. The SMILES string of the molecule is COc1cc(Br)cc(C2=NO[C@H](CO)C2)c1O. The standard InChI is InChI=1S/C11H12BrNO4/c1-16-10-3-6(12)2-8(11(10)15)9-4-7(5-14)17-13-9/h2-3,7,14-15H,4-5H2,1H3/t7-/m0/s1.